The zero-order chi connectivity index (χ0) is 18.5. The van der Waals surface area contributed by atoms with Gasteiger partial charge in [-0.2, -0.15) is 0 Å². The molecule has 0 saturated carbocycles. The predicted octanol–water partition coefficient (Wildman–Crippen LogP) is 4.81. The molecular formula is C23H24N2OS. The molecule has 1 fully saturated rings. The van der Waals surface area contributed by atoms with Gasteiger partial charge in [0.1, 0.15) is 0 Å². The van der Waals surface area contributed by atoms with Gasteiger partial charge >= 0.3 is 0 Å². The summed E-state index contributed by atoms with van der Waals surface area (Å²) in [7, 11) is 0. The molecule has 3 nitrogen and oxygen atoms in total. The van der Waals surface area contributed by atoms with Crippen LogP contribution in [0.1, 0.15) is 28.1 Å². The molecule has 0 spiro atoms. The Kier molecular flexibility index (Phi) is 5.66. The summed E-state index contributed by atoms with van der Waals surface area (Å²) in [6.07, 6.45) is 2.02. The van der Waals surface area contributed by atoms with Gasteiger partial charge in [-0.1, -0.05) is 60.7 Å². The van der Waals surface area contributed by atoms with Crippen LogP contribution in [0.4, 0.5) is 0 Å². The van der Waals surface area contributed by atoms with Crippen LogP contribution in [0.15, 0.2) is 72.8 Å². The summed E-state index contributed by atoms with van der Waals surface area (Å²) in [5.41, 5.74) is 2.52. The number of carbonyl (C=O) groups is 1. The third kappa shape index (κ3) is 4.65. The summed E-state index contributed by atoms with van der Waals surface area (Å²) in [6.45, 7) is 3.05. The van der Waals surface area contributed by atoms with Crippen molar-refractivity contribution >= 4 is 17.2 Å². The molecule has 1 aliphatic rings. The Balaban J connectivity index is 1.29. The van der Waals surface area contributed by atoms with Crippen molar-refractivity contribution in [2.45, 2.75) is 25.4 Å². The van der Waals surface area contributed by atoms with E-state index in [9.17, 15) is 4.79 Å². The van der Waals surface area contributed by atoms with Crippen LogP contribution in [0.5, 0.6) is 0 Å². The van der Waals surface area contributed by atoms with Crippen LogP contribution in [-0.2, 0) is 6.54 Å². The van der Waals surface area contributed by atoms with E-state index in [4.69, 9.17) is 0 Å². The number of thiophene rings is 1. The van der Waals surface area contributed by atoms with Gasteiger partial charge in [-0.15, -0.1) is 11.3 Å². The molecule has 2 aromatic carbocycles. The molecule has 4 heteroatoms. The topological polar surface area (TPSA) is 32.3 Å². The lowest BCUT2D eigenvalue weighted by atomic mass is 10.0. The second-order valence-corrected chi connectivity index (χ2v) is 8.12. The average Bonchev–Trinajstić information content (AvgIpc) is 3.21. The maximum Gasteiger partial charge on any atom is 0.261 e. The zero-order valence-electron chi connectivity index (χ0n) is 15.3. The largest absolute Gasteiger partial charge is 0.349 e. The van der Waals surface area contributed by atoms with Gasteiger partial charge in [0.15, 0.2) is 0 Å². The Labute approximate surface area is 164 Å². The number of hydrogen-bond donors (Lipinski definition) is 1. The van der Waals surface area contributed by atoms with Crippen molar-refractivity contribution in [1.82, 2.24) is 10.2 Å². The van der Waals surface area contributed by atoms with Gasteiger partial charge in [0.25, 0.3) is 5.91 Å². The van der Waals surface area contributed by atoms with E-state index < -0.39 is 0 Å². The molecule has 0 aliphatic carbocycles. The van der Waals surface area contributed by atoms with Gasteiger partial charge < -0.3 is 5.32 Å². The van der Waals surface area contributed by atoms with Gasteiger partial charge in [0, 0.05) is 30.6 Å². The molecule has 4 rings (SSSR count). The van der Waals surface area contributed by atoms with Crippen LogP contribution in [0, 0.1) is 0 Å². The van der Waals surface area contributed by atoms with E-state index in [1.54, 1.807) is 11.3 Å². The molecule has 2 heterocycles. The first kappa shape index (κ1) is 18.0. The van der Waals surface area contributed by atoms with Gasteiger partial charge in [0.2, 0.25) is 0 Å². The second kappa shape index (κ2) is 8.51. The minimum absolute atomic E-state index is 0.0590. The maximum absolute atomic E-state index is 12.6. The number of piperidine rings is 1. The molecular weight excluding hydrogens is 352 g/mol. The first-order valence-electron chi connectivity index (χ1n) is 9.50. The zero-order valence-corrected chi connectivity index (χ0v) is 16.1. The van der Waals surface area contributed by atoms with Crippen molar-refractivity contribution in [2.24, 2.45) is 0 Å². The molecule has 1 N–H and O–H groups in total. The number of hydrogen-bond acceptors (Lipinski definition) is 3. The van der Waals surface area contributed by atoms with Crippen molar-refractivity contribution in [3.63, 3.8) is 0 Å². The normalized spacial score (nSPS) is 15.6. The molecule has 1 aromatic heterocycles. The summed E-state index contributed by atoms with van der Waals surface area (Å²) in [5, 5.41) is 3.23. The predicted molar refractivity (Wildman–Crippen MR) is 112 cm³/mol. The fourth-order valence-corrected chi connectivity index (χ4v) is 4.47. The third-order valence-corrected chi connectivity index (χ3v) is 6.19. The standard InChI is InChI=1S/C23H24N2OS/c26-23(22-12-11-21(27-22)19-9-5-2-6-10-19)24-20-13-15-25(16-14-20)17-18-7-3-1-4-8-18/h1-12,20H,13-17H2,(H,24,26). The van der Waals surface area contributed by atoms with Gasteiger partial charge in [-0.25, -0.2) is 0 Å². The monoisotopic (exact) mass is 376 g/mol. The summed E-state index contributed by atoms with van der Waals surface area (Å²) < 4.78 is 0. The maximum atomic E-state index is 12.6. The van der Waals surface area contributed by atoms with Crippen molar-refractivity contribution in [2.75, 3.05) is 13.1 Å². The van der Waals surface area contributed by atoms with Gasteiger partial charge in [-0.05, 0) is 36.1 Å². The van der Waals surface area contributed by atoms with E-state index in [1.807, 2.05) is 30.3 Å². The Morgan fingerprint density at radius 3 is 2.30 bits per heavy atom. The van der Waals surface area contributed by atoms with Gasteiger partial charge in [-0.3, -0.25) is 9.69 Å². The molecule has 0 atom stereocenters. The highest BCUT2D eigenvalue weighted by Gasteiger charge is 2.21. The second-order valence-electron chi connectivity index (χ2n) is 7.04. The van der Waals surface area contributed by atoms with Crippen LogP contribution in [0.2, 0.25) is 0 Å². The molecule has 0 unspecified atom stereocenters. The number of likely N-dealkylation sites (tertiary alicyclic amines) is 1. The first-order chi connectivity index (χ1) is 13.3. The molecule has 1 amide bonds. The molecule has 0 bridgehead atoms. The smallest absolute Gasteiger partial charge is 0.261 e. The fraction of sp³-hybridized carbons (Fsp3) is 0.261. The lowest BCUT2D eigenvalue weighted by molar-refractivity contribution is 0.0913. The minimum Gasteiger partial charge on any atom is -0.349 e. The first-order valence-corrected chi connectivity index (χ1v) is 10.3. The molecule has 1 saturated heterocycles. The highest BCUT2D eigenvalue weighted by molar-refractivity contribution is 7.17. The summed E-state index contributed by atoms with van der Waals surface area (Å²) in [5.74, 6) is 0.0590. The van der Waals surface area contributed by atoms with Crippen molar-refractivity contribution in [3.8, 4) is 10.4 Å². The van der Waals surface area contributed by atoms with Crippen LogP contribution >= 0.6 is 11.3 Å². The summed E-state index contributed by atoms with van der Waals surface area (Å²) >= 11 is 1.56. The molecule has 138 valence electrons. The number of carbonyl (C=O) groups excluding carboxylic acids is 1. The third-order valence-electron chi connectivity index (χ3n) is 5.06. The Morgan fingerprint density at radius 1 is 0.926 bits per heavy atom. The van der Waals surface area contributed by atoms with E-state index in [0.717, 1.165) is 47.8 Å². The number of nitrogens with one attached hydrogen (secondary N) is 1. The number of benzene rings is 2. The number of amides is 1. The number of nitrogens with zero attached hydrogens (tertiary/aromatic N) is 1. The van der Waals surface area contributed by atoms with E-state index >= 15 is 0 Å². The van der Waals surface area contributed by atoms with Gasteiger partial charge in [0.05, 0.1) is 4.88 Å². The van der Waals surface area contributed by atoms with E-state index in [0.29, 0.717) is 0 Å². The highest BCUT2D eigenvalue weighted by Crippen LogP contribution is 2.28. The molecule has 27 heavy (non-hydrogen) atoms. The minimum atomic E-state index is 0.0590. The average molecular weight is 377 g/mol. The quantitative estimate of drug-likeness (QED) is 0.693. The van der Waals surface area contributed by atoms with Crippen molar-refractivity contribution in [3.05, 3.63) is 83.2 Å². The van der Waals surface area contributed by atoms with Crippen molar-refractivity contribution < 1.29 is 4.79 Å². The van der Waals surface area contributed by atoms with E-state index in [1.165, 1.54) is 5.56 Å². The molecule has 1 aliphatic heterocycles. The van der Waals surface area contributed by atoms with Crippen LogP contribution < -0.4 is 5.32 Å². The lowest BCUT2D eigenvalue weighted by Gasteiger charge is -2.32. The van der Waals surface area contributed by atoms with E-state index in [-0.39, 0.29) is 11.9 Å². The Bertz CT molecular complexity index is 868. The van der Waals surface area contributed by atoms with Crippen LogP contribution in [0.3, 0.4) is 0 Å². The molecule has 3 aromatic rings. The van der Waals surface area contributed by atoms with Crippen LogP contribution in [-0.4, -0.2) is 29.9 Å². The Morgan fingerprint density at radius 2 is 1.59 bits per heavy atom. The summed E-state index contributed by atoms with van der Waals surface area (Å²) in [6, 6.07) is 25.1. The SMILES string of the molecule is O=C(NC1CCN(Cc2ccccc2)CC1)c1ccc(-c2ccccc2)s1. The van der Waals surface area contributed by atoms with E-state index in [2.05, 4.69) is 52.7 Å². The summed E-state index contributed by atoms with van der Waals surface area (Å²) in [4.78, 5) is 17.0. The fourth-order valence-electron chi connectivity index (χ4n) is 3.55. The van der Waals surface area contributed by atoms with Crippen molar-refractivity contribution in [1.29, 1.82) is 0 Å². The Hall–Kier alpha value is -2.43. The lowest BCUT2D eigenvalue weighted by Crippen LogP contribution is -2.44. The van der Waals surface area contributed by atoms with Crippen LogP contribution in [0.25, 0.3) is 10.4 Å². The highest BCUT2D eigenvalue weighted by atomic mass is 32.1. The molecule has 0 radical (unpaired) electrons. The number of rotatable bonds is 5.